The fraction of sp³-hybridized carbons (Fsp3) is 0.370. The highest BCUT2D eigenvalue weighted by molar-refractivity contribution is 6.03. The van der Waals surface area contributed by atoms with Gasteiger partial charge in [0.15, 0.2) is 17.4 Å². The van der Waals surface area contributed by atoms with Crippen LogP contribution >= 0.6 is 0 Å². The first-order valence-electron chi connectivity index (χ1n) is 12.2. The summed E-state index contributed by atoms with van der Waals surface area (Å²) in [5.41, 5.74) is 8.39. The SMILES string of the molecule is CCc1cc(NC(=O)c2ncc(-c3ccc(OC(C)C)c(F)c3)n2C)ccc1C(=O)NCCOCCN. The fourth-order valence-electron chi connectivity index (χ4n) is 3.79. The molecule has 0 fully saturated rings. The third kappa shape index (κ3) is 7.14. The lowest BCUT2D eigenvalue weighted by Gasteiger charge is -2.13. The highest BCUT2D eigenvalue weighted by atomic mass is 19.1. The molecular formula is C27H34FN5O4. The van der Waals surface area contributed by atoms with Crippen molar-refractivity contribution in [3.8, 4) is 17.0 Å². The van der Waals surface area contributed by atoms with Gasteiger partial charge in [0.25, 0.3) is 11.8 Å². The summed E-state index contributed by atoms with van der Waals surface area (Å²) in [6.45, 7) is 7.22. The molecule has 0 atom stereocenters. The maximum absolute atomic E-state index is 14.5. The Balaban J connectivity index is 1.71. The number of rotatable bonds is 12. The maximum atomic E-state index is 14.5. The molecule has 3 rings (SSSR count). The molecule has 4 N–H and O–H groups in total. The van der Waals surface area contributed by atoms with Crippen LogP contribution in [0.3, 0.4) is 0 Å². The maximum Gasteiger partial charge on any atom is 0.291 e. The first-order valence-corrected chi connectivity index (χ1v) is 12.2. The average Bonchev–Trinajstić information content (AvgIpc) is 3.26. The molecular weight excluding hydrogens is 477 g/mol. The van der Waals surface area contributed by atoms with Crippen LogP contribution in [0.2, 0.25) is 0 Å². The van der Waals surface area contributed by atoms with Gasteiger partial charge in [-0.25, -0.2) is 9.37 Å². The number of nitrogens with one attached hydrogen (secondary N) is 2. The van der Waals surface area contributed by atoms with Gasteiger partial charge in [-0.2, -0.15) is 0 Å². The molecule has 10 heteroatoms. The van der Waals surface area contributed by atoms with Crippen molar-refractivity contribution in [2.45, 2.75) is 33.3 Å². The molecule has 2 amide bonds. The van der Waals surface area contributed by atoms with E-state index in [-0.39, 0.29) is 23.6 Å². The average molecular weight is 512 g/mol. The predicted molar refractivity (Wildman–Crippen MR) is 140 cm³/mol. The van der Waals surface area contributed by atoms with Crippen molar-refractivity contribution >= 4 is 17.5 Å². The molecule has 0 unspecified atom stereocenters. The monoisotopic (exact) mass is 511 g/mol. The van der Waals surface area contributed by atoms with Crippen LogP contribution in [0.15, 0.2) is 42.6 Å². The number of aromatic nitrogens is 2. The highest BCUT2D eigenvalue weighted by Gasteiger charge is 2.18. The van der Waals surface area contributed by atoms with Crippen LogP contribution in [-0.2, 0) is 18.2 Å². The Morgan fingerprint density at radius 1 is 1.14 bits per heavy atom. The number of carbonyl (C=O) groups is 2. The number of anilines is 1. The first kappa shape index (κ1) is 27.8. The number of halogens is 1. The highest BCUT2D eigenvalue weighted by Crippen LogP contribution is 2.27. The summed E-state index contributed by atoms with van der Waals surface area (Å²) in [5.74, 6) is -0.794. The minimum absolute atomic E-state index is 0.148. The second kappa shape index (κ2) is 13.0. The van der Waals surface area contributed by atoms with Crippen molar-refractivity contribution < 1.29 is 23.5 Å². The van der Waals surface area contributed by atoms with Crippen molar-refractivity contribution in [3.05, 3.63) is 65.4 Å². The molecule has 0 saturated heterocycles. The van der Waals surface area contributed by atoms with E-state index in [0.29, 0.717) is 55.2 Å². The van der Waals surface area contributed by atoms with E-state index in [9.17, 15) is 14.0 Å². The van der Waals surface area contributed by atoms with E-state index in [1.807, 2.05) is 20.8 Å². The Hall–Kier alpha value is -3.76. The van der Waals surface area contributed by atoms with Crippen molar-refractivity contribution in [3.63, 3.8) is 0 Å². The summed E-state index contributed by atoms with van der Waals surface area (Å²) in [6.07, 6.45) is 1.98. The number of hydrogen-bond donors (Lipinski definition) is 3. The Kier molecular flexibility index (Phi) is 9.76. The lowest BCUT2D eigenvalue weighted by atomic mass is 10.0. The summed E-state index contributed by atoms with van der Waals surface area (Å²) in [5, 5.41) is 5.65. The zero-order valence-electron chi connectivity index (χ0n) is 21.6. The summed E-state index contributed by atoms with van der Waals surface area (Å²) in [4.78, 5) is 29.8. The molecule has 3 aromatic rings. The number of amides is 2. The normalized spacial score (nSPS) is 11.0. The van der Waals surface area contributed by atoms with Gasteiger partial charge in [0.1, 0.15) is 0 Å². The number of hydrogen-bond acceptors (Lipinski definition) is 6. The van der Waals surface area contributed by atoms with Crippen LogP contribution in [0.4, 0.5) is 10.1 Å². The number of imidazole rings is 1. The van der Waals surface area contributed by atoms with Gasteiger partial charge in [0, 0.05) is 37.0 Å². The number of benzene rings is 2. The molecule has 1 aromatic heterocycles. The molecule has 198 valence electrons. The van der Waals surface area contributed by atoms with Crippen molar-refractivity contribution in [2.75, 3.05) is 31.6 Å². The number of ether oxygens (including phenoxy) is 2. The van der Waals surface area contributed by atoms with E-state index in [1.54, 1.807) is 41.9 Å². The Bertz CT molecular complexity index is 1240. The number of aryl methyl sites for hydroxylation is 1. The molecule has 1 heterocycles. The van der Waals surface area contributed by atoms with E-state index in [4.69, 9.17) is 15.2 Å². The minimum atomic E-state index is -0.488. The van der Waals surface area contributed by atoms with E-state index in [2.05, 4.69) is 15.6 Å². The second-order valence-electron chi connectivity index (χ2n) is 8.67. The number of carbonyl (C=O) groups excluding carboxylic acids is 2. The van der Waals surface area contributed by atoms with Gasteiger partial charge >= 0.3 is 0 Å². The van der Waals surface area contributed by atoms with Gasteiger partial charge in [0.05, 0.1) is 31.2 Å². The van der Waals surface area contributed by atoms with Crippen LogP contribution in [0.1, 0.15) is 47.3 Å². The quantitative estimate of drug-likeness (QED) is 0.320. The van der Waals surface area contributed by atoms with Crippen LogP contribution < -0.4 is 21.1 Å². The van der Waals surface area contributed by atoms with Crippen molar-refractivity contribution in [1.29, 1.82) is 0 Å². The van der Waals surface area contributed by atoms with E-state index in [1.165, 1.54) is 12.3 Å². The largest absolute Gasteiger partial charge is 0.488 e. The first-order chi connectivity index (χ1) is 17.7. The van der Waals surface area contributed by atoms with Gasteiger partial charge in [-0.1, -0.05) is 6.92 Å². The summed E-state index contributed by atoms with van der Waals surface area (Å²) in [6, 6.07) is 9.76. The zero-order chi connectivity index (χ0) is 26.9. The molecule has 0 aliphatic carbocycles. The molecule has 9 nitrogen and oxygen atoms in total. The Labute approximate surface area is 216 Å². The molecule has 0 saturated carbocycles. The number of nitrogens with zero attached hydrogens (tertiary/aromatic N) is 2. The lowest BCUT2D eigenvalue weighted by molar-refractivity contribution is 0.0918. The molecule has 0 bridgehead atoms. The van der Waals surface area contributed by atoms with Gasteiger partial charge in [0.2, 0.25) is 0 Å². The van der Waals surface area contributed by atoms with Gasteiger partial charge in [-0.05, 0) is 62.2 Å². The van der Waals surface area contributed by atoms with Crippen LogP contribution in [0.25, 0.3) is 11.3 Å². The van der Waals surface area contributed by atoms with Crippen LogP contribution in [0, 0.1) is 5.82 Å². The molecule has 0 aliphatic rings. The smallest absolute Gasteiger partial charge is 0.291 e. The predicted octanol–water partition coefficient (Wildman–Crippen LogP) is 3.53. The summed E-state index contributed by atoms with van der Waals surface area (Å²) < 4.78 is 26.8. The topological polar surface area (TPSA) is 120 Å². The third-order valence-electron chi connectivity index (χ3n) is 5.56. The standard InChI is InChI=1S/C27H34FN5O4/c1-5-18-14-20(7-8-21(18)26(34)30-11-13-36-12-10-29)32-27(35)25-31-16-23(33(25)4)19-6-9-24(22(28)15-19)37-17(2)3/h6-9,14-17H,5,10-13,29H2,1-4H3,(H,30,34)(H,32,35). The summed E-state index contributed by atoms with van der Waals surface area (Å²) >= 11 is 0. The van der Waals surface area contributed by atoms with Crippen LogP contribution in [-0.4, -0.2) is 53.8 Å². The van der Waals surface area contributed by atoms with Crippen molar-refractivity contribution in [1.82, 2.24) is 14.9 Å². The molecule has 0 aliphatic heterocycles. The third-order valence-corrected chi connectivity index (χ3v) is 5.56. The van der Waals surface area contributed by atoms with E-state index < -0.39 is 11.7 Å². The van der Waals surface area contributed by atoms with E-state index in [0.717, 1.165) is 5.56 Å². The fourth-order valence-corrected chi connectivity index (χ4v) is 3.79. The zero-order valence-corrected chi connectivity index (χ0v) is 21.6. The van der Waals surface area contributed by atoms with E-state index >= 15 is 0 Å². The number of nitrogens with two attached hydrogens (primary N) is 1. The van der Waals surface area contributed by atoms with Crippen molar-refractivity contribution in [2.24, 2.45) is 12.8 Å². The second-order valence-corrected chi connectivity index (χ2v) is 8.67. The molecule has 0 radical (unpaired) electrons. The minimum Gasteiger partial charge on any atom is -0.488 e. The molecule has 37 heavy (non-hydrogen) atoms. The Morgan fingerprint density at radius 2 is 1.92 bits per heavy atom. The van der Waals surface area contributed by atoms with Gasteiger partial charge in [-0.15, -0.1) is 0 Å². The van der Waals surface area contributed by atoms with Gasteiger partial charge in [-0.3, -0.25) is 9.59 Å². The van der Waals surface area contributed by atoms with Gasteiger partial charge < -0.3 is 30.4 Å². The Morgan fingerprint density at radius 3 is 2.59 bits per heavy atom. The molecule has 0 spiro atoms. The molecule has 2 aromatic carbocycles. The van der Waals surface area contributed by atoms with Crippen LogP contribution in [0.5, 0.6) is 5.75 Å². The summed E-state index contributed by atoms with van der Waals surface area (Å²) in [7, 11) is 1.69. The lowest BCUT2D eigenvalue weighted by Crippen LogP contribution is -2.28.